The zero-order valence-corrected chi connectivity index (χ0v) is 15.1. The number of oxime groups is 1. The molecule has 4 heteroatoms. The minimum absolute atomic E-state index is 0.0890. The molecule has 0 aromatic heterocycles. The number of carbonyl (C=O) groups is 1. The SMILES string of the molecule is CCCCCCC1=NOC(CCCCCCCCC(=O)OC)C1. The highest BCUT2D eigenvalue weighted by atomic mass is 16.6. The maximum atomic E-state index is 11.0. The van der Waals surface area contributed by atoms with Crippen LogP contribution in [0.4, 0.5) is 0 Å². The molecule has 134 valence electrons. The number of methoxy groups -OCH3 is 1. The van der Waals surface area contributed by atoms with Gasteiger partial charge in [-0.15, -0.1) is 0 Å². The highest BCUT2D eigenvalue weighted by Gasteiger charge is 2.19. The van der Waals surface area contributed by atoms with E-state index in [0.717, 1.165) is 32.1 Å². The third kappa shape index (κ3) is 10.4. The van der Waals surface area contributed by atoms with Gasteiger partial charge < -0.3 is 9.57 Å². The number of carbonyl (C=O) groups excluding carboxylic acids is 1. The van der Waals surface area contributed by atoms with Gasteiger partial charge in [0.25, 0.3) is 0 Å². The lowest BCUT2D eigenvalue weighted by atomic mass is 10.0. The van der Waals surface area contributed by atoms with Crippen molar-refractivity contribution < 1.29 is 14.4 Å². The van der Waals surface area contributed by atoms with Gasteiger partial charge in [-0.1, -0.05) is 57.0 Å². The Labute approximate surface area is 142 Å². The molecule has 1 aliphatic rings. The van der Waals surface area contributed by atoms with Gasteiger partial charge in [0.1, 0.15) is 6.10 Å². The Morgan fingerprint density at radius 2 is 1.78 bits per heavy atom. The second kappa shape index (κ2) is 13.4. The van der Waals surface area contributed by atoms with Crippen LogP contribution in [0.1, 0.15) is 96.8 Å². The first-order chi connectivity index (χ1) is 11.3. The first kappa shape index (κ1) is 20.0. The molecule has 1 aliphatic heterocycles. The number of rotatable bonds is 14. The van der Waals surface area contributed by atoms with Gasteiger partial charge in [-0.3, -0.25) is 4.79 Å². The molecule has 0 fully saturated rings. The molecule has 0 saturated heterocycles. The van der Waals surface area contributed by atoms with E-state index in [1.165, 1.54) is 64.2 Å². The summed E-state index contributed by atoms with van der Waals surface area (Å²) in [5.74, 6) is -0.0890. The molecular formula is C19H35NO3. The fourth-order valence-corrected chi connectivity index (χ4v) is 3.00. The van der Waals surface area contributed by atoms with Crippen molar-refractivity contribution in [2.75, 3.05) is 7.11 Å². The highest BCUT2D eigenvalue weighted by molar-refractivity contribution is 5.85. The van der Waals surface area contributed by atoms with Crippen LogP contribution in [0.3, 0.4) is 0 Å². The lowest BCUT2D eigenvalue weighted by Gasteiger charge is -2.07. The molecule has 0 amide bonds. The summed E-state index contributed by atoms with van der Waals surface area (Å²) in [6.45, 7) is 2.24. The van der Waals surface area contributed by atoms with Crippen LogP contribution in [-0.4, -0.2) is 24.9 Å². The largest absolute Gasteiger partial charge is 0.469 e. The first-order valence-electron chi connectivity index (χ1n) is 9.54. The van der Waals surface area contributed by atoms with Crippen molar-refractivity contribution in [3.8, 4) is 0 Å². The van der Waals surface area contributed by atoms with Gasteiger partial charge in [0.05, 0.1) is 12.8 Å². The summed E-state index contributed by atoms with van der Waals surface area (Å²) in [5.41, 5.74) is 1.27. The van der Waals surface area contributed by atoms with Crippen LogP contribution < -0.4 is 0 Å². The average Bonchev–Trinajstić information content (AvgIpc) is 3.01. The summed E-state index contributed by atoms with van der Waals surface area (Å²) >= 11 is 0. The summed E-state index contributed by atoms with van der Waals surface area (Å²) in [4.78, 5) is 16.5. The molecule has 0 aromatic carbocycles. The van der Waals surface area contributed by atoms with E-state index in [-0.39, 0.29) is 5.97 Å². The molecule has 0 radical (unpaired) electrons. The average molecular weight is 325 g/mol. The molecule has 1 atom stereocenters. The summed E-state index contributed by atoms with van der Waals surface area (Å²) in [6.07, 6.45) is 16.4. The molecule has 0 N–H and O–H groups in total. The van der Waals surface area contributed by atoms with Crippen LogP contribution in [0.15, 0.2) is 5.16 Å². The Balaban J connectivity index is 1.87. The molecule has 23 heavy (non-hydrogen) atoms. The normalized spacial score (nSPS) is 17.0. The second-order valence-corrected chi connectivity index (χ2v) is 6.64. The van der Waals surface area contributed by atoms with Gasteiger partial charge in [-0.25, -0.2) is 0 Å². The molecule has 1 rings (SSSR count). The molecule has 0 saturated carbocycles. The number of ether oxygens (including phenoxy) is 1. The summed E-state index contributed by atoms with van der Waals surface area (Å²) < 4.78 is 4.63. The predicted octanol–water partition coefficient (Wildman–Crippen LogP) is 5.40. The third-order valence-electron chi connectivity index (χ3n) is 4.50. The van der Waals surface area contributed by atoms with Crippen molar-refractivity contribution in [2.45, 2.75) is 103 Å². The van der Waals surface area contributed by atoms with Crippen LogP contribution >= 0.6 is 0 Å². The molecule has 1 unspecified atom stereocenters. The Morgan fingerprint density at radius 1 is 1.09 bits per heavy atom. The summed E-state index contributed by atoms with van der Waals surface area (Å²) in [7, 11) is 1.45. The van der Waals surface area contributed by atoms with Crippen LogP contribution in [0.2, 0.25) is 0 Å². The van der Waals surface area contributed by atoms with Crippen LogP contribution in [0, 0.1) is 0 Å². The smallest absolute Gasteiger partial charge is 0.305 e. The number of unbranched alkanes of at least 4 members (excludes halogenated alkanes) is 8. The van der Waals surface area contributed by atoms with E-state index in [1.807, 2.05) is 0 Å². The lowest BCUT2D eigenvalue weighted by Crippen LogP contribution is -2.07. The van der Waals surface area contributed by atoms with E-state index < -0.39 is 0 Å². The van der Waals surface area contributed by atoms with E-state index in [0.29, 0.717) is 12.5 Å². The second-order valence-electron chi connectivity index (χ2n) is 6.64. The fraction of sp³-hybridized carbons (Fsp3) is 0.895. The van der Waals surface area contributed by atoms with E-state index in [2.05, 4.69) is 16.8 Å². The third-order valence-corrected chi connectivity index (χ3v) is 4.50. The van der Waals surface area contributed by atoms with Crippen LogP contribution in [0.5, 0.6) is 0 Å². The molecule has 0 aliphatic carbocycles. The molecule has 0 aromatic rings. The topological polar surface area (TPSA) is 47.9 Å². The number of hydrogen-bond acceptors (Lipinski definition) is 4. The molecular weight excluding hydrogens is 290 g/mol. The standard InChI is InChI=1S/C19H35NO3/c1-3-4-5-10-13-17-16-18(23-20-17)14-11-8-6-7-9-12-15-19(21)22-2/h18H,3-16H2,1-2H3. The predicted molar refractivity (Wildman–Crippen MR) is 94.6 cm³/mol. The quantitative estimate of drug-likeness (QED) is 0.317. The zero-order chi connectivity index (χ0) is 16.8. The zero-order valence-electron chi connectivity index (χ0n) is 15.1. The molecule has 1 heterocycles. The van der Waals surface area contributed by atoms with E-state index >= 15 is 0 Å². The minimum atomic E-state index is -0.0890. The maximum absolute atomic E-state index is 11.0. The van der Waals surface area contributed by atoms with Crippen molar-refractivity contribution in [2.24, 2.45) is 5.16 Å². The van der Waals surface area contributed by atoms with Gasteiger partial charge in [-0.05, 0) is 32.1 Å². The van der Waals surface area contributed by atoms with Crippen LogP contribution in [-0.2, 0) is 14.4 Å². The lowest BCUT2D eigenvalue weighted by molar-refractivity contribution is -0.140. The molecule has 0 bridgehead atoms. The number of hydrogen-bond donors (Lipinski definition) is 0. The first-order valence-corrected chi connectivity index (χ1v) is 9.54. The van der Waals surface area contributed by atoms with E-state index in [9.17, 15) is 4.79 Å². The molecule has 4 nitrogen and oxygen atoms in total. The Hall–Kier alpha value is -1.06. The van der Waals surface area contributed by atoms with Crippen molar-refractivity contribution in [1.82, 2.24) is 0 Å². The Morgan fingerprint density at radius 3 is 2.52 bits per heavy atom. The number of nitrogens with zero attached hydrogens (tertiary/aromatic N) is 1. The minimum Gasteiger partial charge on any atom is -0.469 e. The van der Waals surface area contributed by atoms with E-state index in [4.69, 9.17) is 4.84 Å². The summed E-state index contributed by atoms with van der Waals surface area (Å²) in [5, 5.41) is 4.25. The van der Waals surface area contributed by atoms with Gasteiger partial charge in [0.15, 0.2) is 0 Å². The maximum Gasteiger partial charge on any atom is 0.305 e. The Kier molecular flexibility index (Phi) is 11.6. The van der Waals surface area contributed by atoms with Gasteiger partial charge in [0.2, 0.25) is 0 Å². The van der Waals surface area contributed by atoms with Gasteiger partial charge >= 0.3 is 5.97 Å². The van der Waals surface area contributed by atoms with Crippen molar-refractivity contribution in [1.29, 1.82) is 0 Å². The van der Waals surface area contributed by atoms with Gasteiger partial charge in [0, 0.05) is 12.8 Å². The molecule has 0 spiro atoms. The van der Waals surface area contributed by atoms with Crippen molar-refractivity contribution in [3.05, 3.63) is 0 Å². The van der Waals surface area contributed by atoms with Crippen molar-refractivity contribution >= 4 is 11.7 Å². The summed E-state index contributed by atoms with van der Waals surface area (Å²) in [6, 6.07) is 0. The highest BCUT2D eigenvalue weighted by Crippen LogP contribution is 2.20. The number of esters is 1. The monoisotopic (exact) mass is 325 g/mol. The van der Waals surface area contributed by atoms with E-state index in [1.54, 1.807) is 0 Å². The van der Waals surface area contributed by atoms with Gasteiger partial charge in [-0.2, -0.15) is 0 Å². The van der Waals surface area contributed by atoms with Crippen LogP contribution in [0.25, 0.3) is 0 Å². The fourth-order valence-electron chi connectivity index (χ4n) is 3.00. The van der Waals surface area contributed by atoms with Crippen molar-refractivity contribution in [3.63, 3.8) is 0 Å². The Bertz CT molecular complexity index is 342.